The van der Waals surface area contributed by atoms with Gasteiger partial charge in [0, 0.05) is 5.56 Å². The number of benzene rings is 1. The van der Waals surface area contributed by atoms with Crippen LogP contribution in [0.3, 0.4) is 0 Å². The van der Waals surface area contributed by atoms with Gasteiger partial charge in [-0.3, -0.25) is 0 Å². The van der Waals surface area contributed by atoms with Gasteiger partial charge in [-0.2, -0.15) is 0 Å². The zero-order valence-corrected chi connectivity index (χ0v) is 10.7. The highest BCUT2D eigenvalue weighted by atomic mass is 14.9. The lowest BCUT2D eigenvalue weighted by atomic mass is 9.97. The van der Waals surface area contributed by atoms with Gasteiger partial charge in [-0.1, -0.05) is 6.07 Å². The van der Waals surface area contributed by atoms with E-state index in [-0.39, 0.29) is 0 Å². The van der Waals surface area contributed by atoms with Gasteiger partial charge in [0.1, 0.15) is 6.33 Å². The van der Waals surface area contributed by atoms with Crippen molar-refractivity contribution in [3.63, 3.8) is 0 Å². The Hall–Kier alpha value is -1.90. The Balaban J connectivity index is 2.69. The van der Waals surface area contributed by atoms with E-state index >= 15 is 0 Å². The van der Waals surface area contributed by atoms with Gasteiger partial charge < -0.3 is 5.73 Å². The highest BCUT2D eigenvalue weighted by Crippen LogP contribution is 2.29. The van der Waals surface area contributed by atoms with Crippen molar-refractivity contribution in [3.8, 4) is 11.3 Å². The second kappa shape index (κ2) is 4.17. The number of nitrogens with zero attached hydrogens (tertiary/aromatic N) is 2. The molecule has 1 aromatic carbocycles. The molecule has 0 aliphatic carbocycles. The molecule has 0 amide bonds. The van der Waals surface area contributed by atoms with Crippen LogP contribution in [0.5, 0.6) is 0 Å². The van der Waals surface area contributed by atoms with Crippen molar-refractivity contribution < 1.29 is 0 Å². The van der Waals surface area contributed by atoms with E-state index in [0.29, 0.717) is 5.69 Å². The van der Waals surface area contributed by atoms with E-state index in [2.05, 4.69) is 42.9 Å². The molecular weight excluding hydrogens is 210 g/mol. The molecule has 17 heavy (non-hydrogen) atoms. The second-order valence-corrected chi connectivity index (χ2v) is 4.47. The molecule has 1 aromatic heterocycles. The number of nitrogen functional groups attached to an aromatic ring is 1. The first-order valence-corrected chi connectivity index (χ1v) is 5.66. The van der Waals surface area contributed by atoms with Crippen molar-refractivity contribution in [1.82, 2.24) is 9.97 Å². The fraction of sp³-hybridized carbons (Fsp3) is 0.286. The fourth-order valence-electron chi connectivity index (χ4n) is 1.91. The molecule has 3 heteroatoms. The molecule has 0 saturated carbocycles. The number of nitrogens with two attached hydrogens (primary N) is 1. The standard InChI is InChI=1S/C14H17N3/c1-8-5-10(3)12(6-9(8)2)14-13(15)11(4)16-7-17-14/h5-7H,15H2,1-4H3. The Kier molecular flexibility index (Phi) is 2.84. The van der Waals surface area contributed by atoms with Gasteiger partial charge in [0.25, 0.3) is 0 Å². The number of aromatic nitrogens is 2. The summed E-state index contributed by atoms with van der Waals surface area (Å²) in [6.07, 6.45) is 1.57. The van der Waals surface area contributed by atoms with E-state index in [4.69, 9.17) is 5.73 Å². The number of aryl methyl sites for hydroxylation is 4. The van der Waals surface area contributed by atoms with Crippen molar-refractivity contribution in [2.75, 3.05) is 5.73 Å². The zero-order chi connectivity index (χ0) is 12.6. The molecule has 3 nitrogen and oxygen atoms in total. The lowest BCUT2D eigenvalue weighted by Gasteiger charge is -2.12. The third-order valence-electron chi connectivity index (χ3n) is 3.18. The summed E-state index contributed by atoms with van der Waals surface area (Å²) in [5.41, 5.74) is 13.2. The minimum atomic E-state index is 0.666. The molecule has 0 fully saturated rings. The fourth-order valence-corrected chi connectivity index (χ4v) is 1.91. The lowest BCUT2D eigenvalue weighted by molar-refractivity contribution is 1.11. The minimum Gasteiger partial charge on any atom is -0.395 e. The maximum atomic E-state index is 6.05. The maximum Gasteiger partial charge on any atom is 0.116 e. The molecule has 0 radical (unpaired) electrons. The smallest absolute Gasteiger partial charge is 0.116 e. The lowest BCUT2D eigenvalue weighted by Crippen LogP contribution is -2.00. The summed E-state index contributed by atoms with van der Waals surface area (Å²) in [5, 5.41) is 0. The molecule has 0 saturated heterocycles. The first-order valence-electron chi connectivity index (χ1n) is 5.66. The van der Waals surface area contributed by atoms with Crippen molar-refractivity contribution in [1.29, 1.82) is 0 Å². The number of hydrogen-bond donors (Lipinski definition) is 1. The third-order valence-corrected chi connectivity index (χ3v) is 3.18. The van der Waals surface area contributed by atoms with E-state index in [9.17, 15) is 0 Å². The highest BCUT2D eigenvalue weighted by Gasteiger charge is 2.10. The summed E-state index contributed by atoms with van der Waals surface area (Å²) >= 11 is 0. The average molecular weight is 227 g/mol. The van der Waals surface area contributed by atoms with Crippen LogP contribution in [0.4, 0.5) is 5.69 Å². The van der Waals surface area contributed by atoms with Crippen molar-refractivity contribution >= 4 is 5.69 Å². The first kappa shape index (κ1) is 11.6. The Bertz CT molecular complexity index is 574. The van der Waals surface area contributed by atoms with Gasteiger partial charge in [0.15, 0.2) is 0 Å². The molecule has 0 aliphatic rings. The van der Waals surface area contributed by atoms with Gasteiger partial charge in [0.05, 0.1) is 17.1 Å². The molecule has 0 atom stereocenters. The van der Waals surface area contributed by atoms with E-state index in [1.807, 2.05) is 6.92 Å². The molecule has 0 spiro atoms. The van der Waals surface area contributed by atoms with E-state index in [0.717, 1.165) is 17.0 Å². The zero-order valence-electron chi connectivity index (χ0n) is 10.7. The summed E-state index contributed by atoms with van der Waals surface area (Å²) in [7, 11) is 0. The third kappa shape index (κ3) is 2.00. The van der Waals surface area contributed by atoms with Crippen LogP contribution in [0.15, 0.2) is 18.5 Å². The van der Waals surface area contributed by atoms with Crippen molar-refractivity contribution in [2.45, 2.75) is 27.7 Å². The van der Waals surface area contributed by atoms with Crippen LogP contribution < -0.4 is 5.73 Å². The van der Waals surface area contributed by atoms with Gasteiger partial charge >= 0.3 is 0 Å². The van der Waals surface area contributed by atoms with Crippen molar-refractivity contribution in [2.24, 2.45) is 0 Å². The van der Waals surface area contributed by atoms with Gasteiger partial charge in [-0.25, -0.2) is 9.97 Å². The van der Waals surface area contributed by atoms with Gasteiger partial charge in [-0.15, -0.1) is 0 Å². The molecule has 1 heterocycles. The molecule has 0 aliphatic heterocycles. The molecule has 0 bridgehead atoms. The van der Waals surface area contributed by atoms with Crippen LogP contribution in [-0.2, 0) is 0 Å². The Morgan fingerprint density at radius 1 is 0.882 bits per heavy atom. The van der Waals surface area contributed by atoms with Crippen LogP contribution in [0.25, 0.3) is 11.3 Å². The van der Waals surface area contributed by atoms with E-state index < -0.39 is 0 Å². The molecule has 88 valence electrons. The SMILES string of the molecule is Cc1cc(C)c(-c2ncnc(C)c2N)cc1C. The summed E-state index contributed by atoms with van der Waals surface area (Å²) in [6.45, 7) is 8.19. The molecule has 2 aromatic rings. The Morgan fingerprint density at radius 3 is 2.24 bits per heavy atom. The number of anilines is 1. The predicted molar refractivity (Wildman–Crippen MR) is 70.8 cm³/mol. The van der Waals surface area contributed by atoms with Crippen LogP contribution in [-0.4, -0.2) is 9.97 Å². The van der Waals surface area contributed by atoms with Crippen molar-refractivity contribution in [3.05, 3.63) is 40.8 Å². The number of rotatable bonds is 1. The highest BCUT2D eigenvalue weighted by molar-refractivity contribution is 5.76. The normalized spacial score (nSPS) is 10.6. The molecule has 2 N–H and O–H groups in total. The molecule has 2 rings (SSSR count). The topological polar surface area (TPSA) is 51.8 Å². The van der Waals surface area contributed by atoms with Crippen LogP contribution in [0.2, 0.25) is 0 Å². The van der Waals surface area contributed by atoms with Gasteiger partial charge in [0.2, 0.25) is 0 Å². The first-order chi connectivity index (χ1) is 8.00. The Labute approximate surface area is 102 Å². The minimum absolute atomic E-state index is 0.666. The Morgan fingerprint density at radius 2 is 1.53 bits per heavy atom. The van der Waals surface area contributed by atoms with E-state index in [1.54, 1.807) is 6.33 Å². The number of hydrogen-bond acceptors (Lipinski definition) is 3. The molecule has 0 unspecified atom stereocenters. The maximum absolute atomic E-state index is 6.05. The van der Waals surface area contributed by atoms with Gasteiger partial charge in [-0.05, 0) is 50.5 Å². The predicted octanol–water partition coefficient (Wildman–Crippen LogP) is 2.96. The van der Waals surface area contributed by atoms with Crippen LogP contribution >= 0.6 is 0 Å². The summed E-state index contributed by atoms with van der Waals surface area (Å²) in [5.74, 6) is 0. The summed E-state index contributed by atoms with van der Waals surface area (Å²) in [6, 6.07) is 4.31. The summed E-state index contributed by atoms with van der Waals surface area (Å²) in [4.78, 5) is 8.40. The second-order valence-electron chi connectivity index (χ2n) is 4.47. The monoisotopic (exact) mass is 227 g/mol. The van der Waals surface area contributed by atoms with Crippen LogP contribution in [0, 0.1) is 27.7 Å². The largest absolute Gasteiger partial charge is 0.395 e. The average Bonchev–Trinajstić information content (AvgIpc) is 2.28. The quantitative estimate of drug-likeness (QED) is 0.814. The van der Waals surface area contributed by atoms with E-state index in [1.165, 1.54) is 16.7 Å². The van der Waals surface area contributed by atoms with Crippen LogP contribution in [0.1, 0.15) is 22.4 Å². The summed E-state index contributed by atoms with van der Waals surface area (Å²) < 4.78 is 0. The molecular formula is C14H17N3.